The zero-order valence-corrected chi connectivity index (χ0v) is 10.5. The second-order valence-electron chi connectivity index (χ2n) is 5.00. The maximum absolute atomic E-state index is 13.5. The van der Waals surface area contributed by atoms with Crippen molar-refractivity contribution in [2.75, 3.05) is 7.11 Å². The second-order valence-corrected chi connectivity index (χ2v) is 5.00. The highest BCUT2D eigenvalue weighted by molar-refractivity contribution is 5.29. The van der Waals surface area contributed by atoms with Gasteiger partial charge in [-0.1, -0.05) is 18.9 Å². The number of benzene rings is 1. The maximum atomic E-state index is 13.5. The van der Waals surface area contributed by atoms with Crippen molar-refractivity contribution in [2.45, 2.75) is 43.8 Å². The molecule has 1 atom stereocenters. The van der Waals surface area contributed by atoms with Crippen LogP contribution in [0, 0.1) is 5.82 Å². The van der Waals surface area contributed by atoms with Crippen LogP contribution in [0.3, 0.4) is 0 Å². The Labute approximate surface area is 106 Å². The summed E-state index contributed by atoms with van der Waals surface area (Å²) in [5.41, 5.74) is -0.336. The van der Waals surface area contributed by atoms with E-state index in [9.17, 15) is 14.6 Å². The highest BCUT2D eigenvalue weighted by Crippen LogP contribution is 2.34. The van der Waals surface area contributed by atoms with Crippen LogP contribution in [0.25, 0.3) is 0 Å². The summed E-state index contributed by atoms with van der Waals surface area (Å²) in [4.78, 5) is 0. The Hall–Kier alpha value is -1.13. The van der Waals surface area contributed by atoms with E-state index < -0.39 is 17.5 Å². The molecule has 0 spiro atoms. The second kappa shape index (κ2) is 5.24. The van der Waals surface area contributed by atoms with Gasteiger partial charge in [-0.05, 0) is 30.5 Å². The summed E-state index contributed by atoms with van der Waals surface area (Å²) in [5.74, 6) is -0.256. The summed E-state index contributed by atoms with van der Waals surface area (Å²) >= 11 is 0. The van der Waals surface area contributed by atoms with Crippen molar-refractivity contribution in [3.63, 3.8) is 0 Å². The van der Waals surface area contributed by atoms with E-state index in [1.165, 1.54) is 19.2 Å². The molecule has 0 heterocycles. The first-order valence-corrected chi connectivity index (χ1v) is 6.28. The summed E-state index contributed by atoms with van der Waals surface area (Å²) in [6.07, 6.45) is 2.53. The fourth-order valence-electron chi connectivity index (χ4n) is 2.57. The molecule has 0 radical (unpaired) electrons. The van der Waals surface area contributed by atoms with Crippen LogP contribution < -0.4 is 4.74 Å². The van der Waals surface area contributed by atoms with Gasteiger partial charge in [-0.2, -0.15) is 0 Å². The van der Waals surface area contributed by atoms with E-state index in [1.54, 1.807) is 6.07 Å². The van der Waals surface area contributed by atoms with Crippen molar-refractivity contribution in [3.05, 3.63) is 29.6 Å². The summed E-state index contributed by atoms with van der Waals surface area (Å²) in [7, 11) is 1.41. The molecule has 3 nitrogen and oxygen atoms in total. The third-order valence-electron chi connectivity index (χ3n) is 3.73. The van der Waals surface area contributed by atoms with E-state index in [1.807, 2.05) is 0 Å². The minimum atomic E-state index is -1.00. The molecule has 1 unspecified atom stereocenters. The number of methoxy groups -OCH3 is 1. The lowest BCUT2D eigenvalue weighted by Crippen LogP contribution is -2.40. The zero-order chi connectivity index (χ0) is 13.2. The highest BCUT2D eigenvalue weighted by atomic mass is 19.1. The van der Waals surface area contributed by atoms with Gasteiger partial charge in [-0.3, -0.25) is 0 Å². The lowest BCUT2D eigenvalue weighted by molar-refractivity contribution is -0.0689. The standard InChI is InChI=1S/C14H19FO3/c1-18-12-5-4-10(8-11(12)15)9-13(16)14(17)6-2-3-7-14/h4-5,8,13,16-17H,2-3,6-7,9H2,1H3. The molecule has 1 aliphatic carbocycles. The summed E-state index contributed by atoms with van der Waals surface area (Å²) < 4.78 is 18.3. The molecule has 1 aliphatic rings. The Morgan fingerprint density at radius 1 is 1.39 bits per heavy atom. The number of ether oxygens (including phenoxy) is 1. The van der Waals surface area contributed by atoms with E-state index in [-0.39, 0.29) is 12.2 Å². The van der Waals surface area contributed by atoms with Crippen molar-refractivity contribution in [2.24, 2.45) is 0 Å². The molecule has 0 bridgehead atoms. The quantitative estimate of drug-likeness (QED) is 0.864. The molecule has 1 aromatic rings. The van der Waals surface area contributed by atoms with Gasteiger partial charge in [-0.15, -0.1) is 0 Å². The van der Waals surface area contributed by atoms with Crippen LogP contribution >= 0.6 is 0 Å². The SMILES string of the molecule is COc1ccc(CC(O)C2(O)CCCC2)cc1F. The maximum Gasteiger partial charge on any atom is 0.165 e. The molecule has 0 saturated heterocycles. The third kappa shape index (κ3) is 2.65. The predicted molar refractivity (Wildman–Crippen MR) is 66.1 cm³/mol. The largest absolute Gasteiger partial charge is 0.494 e. The summed E-state index contributed by atoms with van der Waals surface area (Å²) in [6.45, 7) is 0. The molecule has 4 heteroatoms. The van der Waals surface area contributed by atoms with Gasteiger partial charge in [0.05, 0.1) is 18.8 Å². The lowest BCUT2D eigenvalue weighted by atomic mass is 9.90. The number of halogens is 1. The van der Waals surface area contributed by atoms with Gasteiger partial charge in [0, 0.05) is 6.42 Å². The van der Waals surface area contributed by atoms with Crippen molar-refractivity contribution in [3.8, 4) is 5.75 Å². The molecule has 100 valence electrons. The van der Waals surface area contributed by atoms with Crippen LogP contribution in [0.5, 0.6) is 5.75 Å². The van der Waals surface area contributed by atoms with Crippen molar-refractivity contribution in [1.82, 2.24) is 0 Å². The Balaban J connectivity index is 2.07. The van der Waals surface area contributed by atoms with Gasteiger partial charge in [0.1, 0.15) is 0 Å². The Kier molecular flexibility index (Phi) is 3.88. The van der Waals surface area contributed by atoms with Gasteiger partial charge in [-0.25, -0.2) is 4.39 Å². The lowest BCUT2D eigenvalue weighted by Gasteiger charge is -2.28. The molecule has 1 saturated carbocycles. The number of hydrogen-bond donors (Lipinski definition) is 2. The van der Waals surface area contributed by atoms with Crippen LogP contribution in [0.15, 0.2) is 18.2 Å². The summed E-state index contributed by atoms with van der Waals surface area (Å²) in [5, 5.41) is 20.3. The van der Waals surface area contributed by atoms with Gasteiger partial charge in [0.25, 0.3) is 0 Å². The van der Waals surface area contributed by atoms with E-state index in [0.717, 1.165) is 12.8 Å². The Morgan fingerprint density at radius 3 is 2.61 bits per heavy atom. The molecule has 1 fully saturated rings. The monoisotopic (exact) mass is 254 g/mol. The first-order valence-electron chi connectivity index (χ1n) is 6.28. The fraction of sp³-hybridized carbons (Fsp3) is 0.571. The highest BCUT2D eigenvalue weighted by Gasteiger charge is 2.38. The fourth-order valence-corrected chi connectivity index (χ4v) is 2.57. The summed E-state index contributed by atoms with van der Waals surface area (Å²) in [6, 6.07) is 4.60. The molecular weight excluding hydrogens is 235 g/mol. The molecule has 2 N–H and O–H groups in total. The molecule has 1 aromatic carbocycles. The van der Waals surface area contributed by atoms with Gasteiger partial charge < -0.3 is 14.9 Å². The van der Waals surface area contributed by atoms with Crippen molar-refractivity contribution < 1.29 is 19.3 Å². The molecule has 2 rings (SSSR count). The first-order chi connectivity index (χ1) is 8.55. The normalized spacial score (nSPS) is 19.8. The van der Waals surface area contributed by atoms with Crippen molar-refractivity contribution in [1.29, 1.82) is 0 Å². The Morgan fingerprint density at radius 2 is 2.06 bits per heavy atom. The minimum absolute atomic E-state index is 0.188. The number of aliphatic hydroxyl groups is 2. The number of aliphatic hydroxyl groups excluding tert-OH is 1. The molecular formula is C14H19FO3. The van der Waals surface area contributed by atoms with E-state index >= 15 is 0 Å². The third-order valence-corrected chi connectivity index (χ3v) is 3.73. The first kappa shape index (κ1) is 13.3. The number of hydrogen-bond acceptors (Lipinski definition) is 3. The van der Waals surface area contributed by atoms with Gasteiger partial charge in [0.2, 0.25) is 0 Å². The van der Waals surface area contributed by atoms with Crippen LogP contribution in [0.2, 0.25) is 0 Å². The van der Waals surface area contributed by atoms with Gasteiger partial charge >= 0.3 is 0 Å². The van der Waals surface area contributed by atoms with E-state index in [4.69, 9.17) is 4.74 Å². The van der Waals surface area contributed by atoms with Crippen LogP contribution in [0.1, 0.15) is 31.2 Å². The van der Waals surface area contributed by atoms with Crippen molar-refractivity contribution >= 4 is 0 Å². The van der Waals surface area contributed by atoms with Crippen LogP contribution in [0.4, 0.5) is 4.39 Å². The number of rotatable bonds is 4. The minimum Gasteiger partial charge on any atom is -0.494 e. The van der Waals surface area contributed by atoms with E-state index in [2.05, 4.69) is 0 Å². The van der Waals surface area contributed by atoms with Gasteiger partial charge in [0.15, 0.2) is 11.6 Å². The molecule has 0 aliphatic heterocycles. The topological polar surface area (TPSA) is 49.7 Å². The van der Waals surface area contributed by atoms with Crippen LogP contribution in [-0.4, -0.2) is 29.0 Å². The smallest absolute Gasteiger partial charge is 0.165 e. The zero-order valence-electron chi connectivity index (χ0n) is 10.5. The predicted octanol–water partition coefficient (Wildman–Crippen LogP) is 2.04. The van der Waals surface area contributed by atoms with E-state index in [0.29, 0.717) is 18.4 Å². The van der Waals surface area contributed by atoms with Crippen LogP contribution in [-0.2, 0) is 6.42 Å². The average molecular weight is 254 g/mol. The average Bonchev–Trinajstić information content (AvgIpc) is 2.78. The molecule has 0 aromatic heterocycles. The molecule has 18 heavy (non-hydrogen) atoms. The Bertz CT molecular complexity index is 414. The molecule has 0 amide bonds.